The van der Waals surface area contributed by atoms with E-state index in [1.54, 1.807) is 36.4 Å². The molecule has 45 heavy (non-hydrogen) atoms. The van der Waals surface area contributed by atoms with Crippen LogP contribution in [0.3, 0.4) is 0 Å². The first-order chi connectivity index (χ1) is 21.1. The number of benzene rings is 1. The summed E-state index contributed by atoms with van der Waals surface area (Å²) in [6.07, 6.45) is -4.11. The van der Waals surface area contributed by atoms with Gasteiger partial charge in [0.1, 0.15) is 16.9 Å². The van der Waals surface area contributed by atoms with E-state index in [2.05, 4.69) is 33.1 Å². The molecule has 2 aromatic heterocycles. The zero-order valence-electron chi connectivity index (χ0n) is 23.7. The number of alkyl halides is 7. The average Bonchev–Trinajstić information content (AvgIpc) is 3.32. The summed E-state index contributed by atoms with van der Waals surface area (Å²) >= 11 is -0.244. The van der Waals surface area contributed by atoms with Gasteiger partial charge < -0.3 is 35.5 Å². The molecule has 0 spiro atoms. The second-order valence-electron chi connectivity index (χ2n) is 9.30. The first-order valence-electron chi connectivity index (χ1n) is 13.1. The van der Waals surface area contributed by atoms with Crippen LogP contribution in [0.4, 0.5) is 42.1 Å². The van der Waals surface area contributed by atoms with Crippen molar-refractivity contribution in [1.82, 2.24) is 15.0 Å². The maximum Gasteiger partial charge on any atom is 0.490 e. The normalized spacial score (nSPS) is 16.5. The summed E-state index contributed by atoms with van der Waals surface area (Å²) in [5, 5.41) is 18.8. The number of thioether (sulfide) groups is 1. The molecule has 0 saturated carbocycles. The molecule has 9 nitrogen and oxygen atoms in total. The number of pyridine rings is 1. The standard InChI is InChI=1S/C26H27F4N5O2S.C2HF3O2/c1-31-24(36)16-7-8-21(23(14-16)37-2)33-10-3-5-17-13-22-20(34-19-9-11-32-15-18(19)27)6-4-12-35(22)25(17)38-26(28,29)30;3-2(4,5)1(6)7/h4,6-8,12-14,18-19,32-34H,9-11,15H2,1-2H3,(H,31,36);(H,6,7)/t18-,19+;/m0./s1. The number of aromatic nitrogens is 1. The molecule has 2 atom stereocenters. The summed E-state index contributed by atoms with van der Waals surface area (Å²) in [5.74, 6) is 3.11. The van der Waals surface area contributed by atoms with E-state index in [-0.39, 0.29) is 41.3 Å². The molecule has 1 fully saturated rings. The van der Waals surface area contributed by atoms with Gasteiger partial charge in [-0.1, -0.05) is 11.8 Å². The molecule has 17 heteroatoms. The summed E-state index contributed by atoms with van der Waals surface area (Å²) in [6.45, 7) is 0.988. The van der Waals surface area contributed by atoms with Crippen molar-refractivity contribution in [3.05, 3.63) is 53.7 Å². The number of methoxy groups -OCH3 is 1. The predicted molar refractivity (Wildman–Crippen MR) is 155 cm³/mol. The van der Waals surface area contributed by atoms with Crippen molar-refractivity contribution in [2.45, 2.75) is 35.3 Å². The van der Waals surface area contributed by atoms with Crippen LogP contribution in [0.25, 0.3) is 5.52 Å². The van der Waals surface area contributed by atoms with Crippen molar-refractivity contribution in [2.75, 3.05) is 44.4 Å². The van der Waals surface area contributed by atoms with Crippen LogP contribution in [-0.2, 0) is 4.79 Å². The molecule has 1 aliphatic heterocycles. The van der Waals surface area contributed by atoms with Gasteiger partial charge in [0.05, 0.1) is 42.2 Å². The number of nitrogens with zero attached hydrogens (tertiary/aromatic N) is 1. The number of halogens is 7. The van der Waals surface area contributed by atoms with E-state index in [0.717, 1.165) is 0 Å². The van der Waals surface area contributed by atoms with Crippen LogP contribution in [0.2, 0.25) is 0 Å². The SMILES string of the molecule is CNC(=O)c1ccc(NCC#Cc2cc3c(N[C@@H]4CCNC[C@@H]4F)cccn3c2SC(F)(F)F)c(OC)c1.O=C(O)C(F)(F)F. The van der Waals surface area contributed by atoms with Crippen LogP contribution in [0.5, 0.6) is 5.75 Å². The smallest absolute Gasteiger partial charge is 0.490 e. The number of hydrogen-bond acceptors (Lipinski definition) is 7. The minimum atomic E-state index is -5.08. The summed E-state index contributed by atoms with van der Waals surface area (Å²) in [7, 11) is 2.99. The molecule has 244 valence electrons. The van der Waals surface area contributed by atoms with Gasteiger partial charge in [0.15, 0.2) is 0 Å². The van der Waals surface area contributed by atoms with Crippen LogP contribution in [0, 0.1) is 11.8 Å². The second kappa shape index (κ2) is 15.1. The number of rotatable bonds is 7. The van der Waals surface area contributed by atoms with Gasteiger partial charge in [-0.25, -0.2) is 9.18 Å². The van der Waals surface area contributed by atoms with E-state index in [9.17, 15) is 35.5 Å². The Kier molecular flexibility index (Phi) is 11.8. The van der Waals surface area contributed by atoms with Gasteiger partial charge in [0, 0.05) is 37.1 Å². The Morgan fingerprint density at radius 2 is 1.87 bits per heavy atom. The van der Waals surface area contributed by atoms with Crippen molar-refractivity contribution < 1.29 is 50.2 Å². The molecular weight excluding hydrogens is 635 g/mol. The third-order valence-electron chi connectivity index (χ3n) is 6.25. The van der Waals surface area contributed by atoms with E-state index >= 15 is 0 Å². The largest absolute Gasteiger partial charge is 0.495 e. The molecular formula is C28H28F7N5O4S. The third kappa shape index (κ3) is 9.85. The molecule has 1 amide bonds. The number of hydrogen-bond donors (Lipinski definition) is 5. The van der Waals surface area contributed by atoms with E-state index < -0.39 is 29.9 Å². The molecule has 1 saturated heterocycles. The van der Waals surface area contributed by atoms with Crippen molar-refractivity contribution >= 4 is 40.5 Å². The lowest BCUT2D eigenvalue weighted by Gasteiger charge is -2.28. The molecule has 0 radical (unpaired) electrons. The number of carboxylic acids is 1. The van der Waals surface area contributed by atoms with Crippen LogP contribution in [0.15, 0.2) is 47.6 Å². The van der Waals surface area contributed by atoms with Gasteiger partial charge in [0.2, 0.25) is 0 Å². The number of ether oxygens (including phenoxy) is 1. The number of anilines is 2. The number of carbonyl (C=O) groups is 2. The highest BCUT2D eigenvalue weighted by atomic mass is 32.2. The zero-order chi connectivity index (χ0) is 33.4. The number of carbonyl (C=O) groups excluding carboxylic acids is 1. The number of aliphatic carboxylic acids is 1. The van der Waals surface area contributed by atoms with Crippen LogP contribution in [0.1, 0.15) is 22.3 Å². The van der Waals surface area contributed by atoms with E-state index in [1.165, 1.54) is 24.8 Å². The molecule has 3 heterocycles. The van der Waals surface area contributed by atoms with Gasteiger partial charge in [0.25, 0.3) is 5.91 Å². The number of nitrogens with one attached hydrogen (secondary N) is 4. The van der Waals surface area contributed by atoms with Crippen molar-refractivity contribution in [3.8, 4) is 17.6 Å². The second-order valence-corrected chi connectivity index (χ2v) is 10.4. The molecule has 5 N–H and O–H groups in total. The quantitative estimate of drug-likeness (QED) is 0.134. The Hall–Kier alpha value is -4.30. The summed E-state index contributed by atoms with van der Waals surface area (Å²) in [5.41, 5.74) is -2.30. The fraction of sp³-hybridized carbons (Fsp3) is 0.357. The molecule has 1 aliphatic rings. The number of carboxylic acid groups (broad SMARTS) is 1. The molecule has 0 bridgehead atoms. The van der Waals surface area contributed by atoms with Gasteiger partial charge in [-0.2, -0.15) is 26.3 Å². The summed E-state index contributed by atoms with van der Waals surface area (Å²) in [4.78, 5) is 20.7. The van der Waals surface area contributed by atoms with Crippen LogP contribution < -0.4 is 26.0 Å². The van der Waals surface area contributed by atoms with Crippen LogP contribution >= 0.6 is 11.8 Å². The third-order valence-corrected chi connectivity index (χ3v) is 7.09. The fourth-order valence-electron chi connectivity index (χ4n) is 4.18. The minimum Gasteiger partial charge on any atom is -0.495 e. The van der Waals surface area contributed by atoms with Gasteiger partial charge >= 0.3 is 17.7 Å². The Labute approximate surface area is 256 Å². The van der Waals surface area contributed by atoms with Crippen molar-refractivity contribution in [3.63, 3.8) is 0 Å². The van der Waals surface area contributed by atoms with Crippen LogP contribution in [-0.4, -0.2) is 79.1 Å². The van der Waals surface area contributed by atoms with Crippen molar-refractivity contribution in [2.24, 2.45) is 0 Å². The van der Waals surface area contributed by atoms with Crippen molar-refractivity contribution in [1.29, 1.82) is 0 Å². The number of amides is 1. The average molecular weight is 664 g/mol. The number of piperidine rings is 1. The van der Waals surface area contributed by atoms with E-state index in [1.807, 2.05) is 0 Å². The Morgan fingerprint density at radius 1 is 1.16 bits per heavy atom. The Bertz CT molecular complexity index is 1570. The first kappa shape index (κ1) is 35.2. The molecule has 3 aromatic rings. The highest BCUT2D eigenvalue weighted by molar-refractivity contribution is 8.00. The molecule has 0 aliphatic carbocycles. The molecule has 0 unspecified atom stereocenters. The lowest BCUT2D eigenvalue weighted by molar-refractivity contribution is -0.192. The fourth-order valence-corrected chi connectivity index (χ4v) is 4.88. The minimum absolute atomic E-state index is 0.0710. The molecule has 4 rings (SSSR count). The summed E-state index contributed by atoms with van der Waals surface area (Å²) < 4.78 is 93.2. The maximum atomic E-state index is 14.4. The van der Waals surface area contributed by atoms with Gasteiger partial charge in [-0.3, -0.25) is 4.79 Å². The first-order valence-corrected chi connectivity index (χ1v) is 13.9. The monoisotopic (exact) mass is 663 g/mol. The van der Waals surface area contributed by atoms with E-state index in [0.29, 0.717) is 41.2 Å². The Morgan fingerprint density at radius 3 is 2.47 bits per heavy atom. The lowest BCUT2D eigenvalue weighted by Crippen LogP contribution is -2.45. The highest BCUT2D eigenvalue weighted by Gasteiger charge is 2.38. The number of fused-ring (bicyclic) bond motifs is 1. The topological polar surface area (TPSA) is 116 Å². The molecule has 1 aromatic carbocycles. The predicted octanol–water partition coefficient (Wildman–Crippen LogP) is 5.13. The Balaban J connectivity index is 0.000000707. The van der Waals surface area contributed by atoms with Gasteiger partial charge in [-0.15, -0.1) is 0 Å². The van der Waals surface area contributed by atoms with Gasteiger partial charge in [-0.05, 0) is 49.4 Å². The van der Waals surface area contributed by atoms with E-state index in [4.69, 9.17) is 14.6 Å². The lowest BCUT2D eigenvalue weighted by atomic mass is 10.0. The summed E-state index contributed by atoms with van der Waals surface area (Å²) in [6, 6.07) is 9.34. The highest BCUT2D eigenvalue weighted by Crippen LogP contribution is 2.40. The maximum absolute atomic E-state index is 14.4. The zero-order valence-corrected chi connectivity index (χ0v) is 24.5.